The van der Waals surface area contributed by atoms with Gasteiger partial charge in [0.2, 0.25) is 0 Å². The fourth-order valence-electron chi connectivity index (χ4n) is 2.87. The maximum absolute atomic E-state index is 11.6. The average Bonchev–Trinajstić information content (AvgIpc) is 2.62. The summed E-state index contributed by atoms with van der Waals surface area (Å²) in [5.74, 6) is -1.10. The van der Waals surface area contributed by atoms with Gasteiger partial charge in [0.15, 0.2) is 0 Å². The average molecular weight is 336 g/mol. The number of hydrogen-bond acceptors (Lipinski definition) is 4. The summed E-state index contributed by atoms with van der Waals surface area (Å²) in [5.41, 5.74) is -0.824. The van der Waals surface area contributed by atoms with E-state index in [-0.39, 0.29) is 22.6 Å². The SMILES string of the molecule is O=C(O)c1ccccc1C(O)(c1ccc(O)cc1)c1ccc(O)cc1. The number of carboxylic acid groups (broad SMARTS) is 1. The minimum atomic E-state index is -1.77. The summed E-state index contributed by atoms with van der Waals surface area (Å²) < 4.78 is 0. The van der Waals surface area contributed by atoms with Gasteiger partial charge in [-0.1, -0.05) is 42.5 Å². The number of aromatic hydroxyl groups is 2. The molecule has 0 amide bonds. The minimum Gasteiger partial charge on any atom is -0.508 e. The van der Waals surface area contributed by atoms with Gasteiger partial charge in [-0.15, -0.1) is 0 Å². The quantitative estimate of drug-likeness (QED) is 0.549. The molecule has 3 aromatic rings. The Morgan fingerprint density at radius 1 is 0.720 bits per heavy atom. The van der Waals surface area contributed by atoms with Gasteiger partial charge in [-0.2, -0.15) is 0 Å². The summed E-state index contributed by atoms with van der Waals surface area (Å²) in [4.78, 5) is 11.6. The van der Waals surface area contributed by atoms with Crippen LogP contribution in [0.15, 0.2) is 72.8 Å². The number of phenolic OH excluding ortho intramolecular Hbond substituents is 2. The van der Waals surface area contributed by atoms with Gasteiger partial charge in [0.25, 0.3) is 0 Å². The van der Waals surface area contributed by atoms with Crippen molar-refractivity contribution in [2.24, 2.45) is 0 Å². The third-order valence-electron chi connectivity index (χ3n) is 4.12. The summed E-state index contributed by atoms with van der Waals surface area (Å²) in [6.07, 6.45) is 0. The van der Waals surface area contributed by atoms with Crippen molar-refractivity contribution in [2.45, 2.75) is 5.60 Å². The van der Waals surface area contributed by atoms with Crippen molar-refractivity contribution in [3.05, 3.63) is 95.1 Å². The van der Waals surface area contributed by atoms with Crippen molar-refractivity contribution in [2.75, 3.05) is 0 Å². The molecule has 0 aliphatic carbocycles. The molecular weight excluding hydrogens is 320 g/mol. The molecule has 3 aromatic carbocycles. The Morgan fingerprint density at radius 2 is 1.16 bits per heavy atom. The highest BCUT2D eigenvalue weighted by Crippen LogP contribution is 2.39. The first-order valence-electron chi connectivity index (χ1n) is 7.57. The van der Waals surface area contributed by atoms with E-state index in [9.17, 15) is 25.2 Å². The molecule has 0 fully saturated rings. The maximum atomic E-state index is 11.6. The van der Waals surface area contributed by atoms with Gasteiger partial charge in [-0.25, -0.2) is 4.79 Å². The van der Waals surface area contributed by atoms with E-state index in [1.807, 2.05) is 0 Å². The monoisotopic (exact) mass is 336 g/mol. The lowest BCUT2D eigenvalue weighted by atomic mass is 9.78. The van der Waals surface area contributed by atoms with E-state index in [4.69, 9.17) is 0 Å². The van der Waals surface area contributed by atoms with Crippen LogP contribution < -0.4 is 0 Å². The van der Waals surface area contributed by atoms with E-state index in [1.54, 1.807) is 18.2 Å². The van der Waals surface area contributed by atoms with Crippen LogP contribution in [0.2, 0.25) is 0 Å². The lowest BCUT2D eigenvalue weighted by Gasteiger charge is -2.31. The number of carbonyl (C=O) groups is 1. The first-order valence-corrected chi connectivity index (χ1v) is 7.57. The highest BCUT2D eigenvalue weighted by molar-refractivity contribution is 5.90. The third kappa shape index (κ3) is 2.93. The Balaban J connectivity index is 2.32. The zero-order valence-electron chi connectivity index (χ0n) is 13.1. The maximum Gasteiger partial charge on any atom is 0.336 e. The van der Waals surface area contributed by atoms with Gasteiger partial charge in [-0.3, -0.25) is 0 Å². The molecule has 5 nitrogen and oxygen atoms in total. The van der Waals surface area contributed by atoms with Crippen molar-refractivity contribution in [3.63, 3.8) is 0 Å². The lowest BCUT2D eigenvalue weighted by molar-refractivity contribution is 0.0680. The highest BCUT2D eigenvalue weighted by atomic mass is 16.4. The van der Waals surface area contributed by atoms with Crippen molar-refractivity contribution >= 4 is 5.97 Å². The highest BCUT2D eigenvalue weighted by Gasteiger charge is 2.37. The molecule has 0 heterocycles. The van der Waals surface area contributed by atoms with Crippen LogP contribution in [0.1, 0.15) is 27.0 Å². The van der Waals surface area contributed by atoms with Crippen LogP contribution in [-0.2, 0) is 5.60 Å². The number of aromatic carboxylic acids is 1. The van der Waals surface area contributed by atoms with Crippen molar-refractivity contribution in [1.29, 1.82) is 0 Å². The molecule has 5 heteroatoms. The van der Waals surface area contributed by atoms with E-state index in [2.05, 4.69) is 0 Å². The molecule has 0 saturated carbocycles. The summed E-state index contributed by atoms with van der Waals surface area (Å²) in [7, 11) is 0. The molecule has 126 valence electrons. The van der Waals surface area contributed by atoms with Crippen molar-refractivity contribution in [1.82, 2.24) is 0 Å². The fourth-order valence-corrected chi connectivity index (χ4v) is 2.87. The topological polar surface area (TPSA) is 98.0 Å². The minimum absolute atomic E-state index is 0.0309. The Hall–Kier alpha value is -3.31. The van der Waals surface area contributed by atoms with Crippen LogP contribution in [0.4, 0.5) is 0 Å². The summed E-state index contributed by atoms with van der Waals surface area (Å²) in [5, 5.41) is 40.2. The second-order valence-corrected chi connectivity index (χ2v) is 5.65. The van der Waals surface area contributed by atoms with E-state index in [1.165, 1.54) is 54.6 Å². The Bertz CT molecular complexity index is 853. The fraction of sp³-hybridized carbons (Fsp3) is 0.0500. The third-order valence-corrected chi connectivity index (χ3v) is 4.12. The Kier molecular flexibility index (Phi) is 4.17. The van der Waals surface area contributed by atoms with Gasteiger partial charge in [-0.05, 0) is 41.5 Å². The molecular formula is C20H16O5. The number of carboxylic acids is 1. The smallest absolute Gasteiger partial charge is 0.336 e. The number of rotatable bonds is 4. The van der Waals surface area contributed by atoms with Crippen molar-refractivity contribution < 1.29 is 25.2 Å². The number of aliphatic hydroxyl groups is 1. The second kappa shape index (κ2) is 6.30. The number of hydrogen-bond donors (Lipinski definition) is 4. The van der Waals surface area contributed by atoms with Crippen LogP contribution in [0.3, 0.4) is 0 Å². The molecule has 0 spiro atoms. The molecule has 0 atom stereocenters. The predicted molar refractivity (Wildman–Crippen MR) is 91.7 cm³/mol. The van der Waals surface area contributed by atoms with Gasteiger partial charge in [0, 0.05) is 5.56 Å². The van der Waals surface area contributed by atoms with Gasteiger partial charge in [0.1, 0.15) is 17.1 Å². The lowest BCUT2D eigenvalue weighted by Crippen LogP contribution is -2.31. The zero-order valence-corrected chi connectivity index (χ0v) is 13.1. The summed E-state index contributed by atoms with van der Waals surface area (Å²) >= 11 is 0. The zero-order chi connectivity index (χ0) is 18.0. The molecule has 3 rings (SSSR count). The first kappa shape index (κ1) is 16.5. The second-order valence-electron chi connectivity index (χ2n) is 5.65. The van der Waals surface area contributed by atoms with Gasteiger partial charge >= 0.3 is 5.97 Å². The summed E-state index contributed by atoms with van der Waals surface area (Å²) in [6.45, 7) is 0. The molecule has 0 saturated heterocycles. The largest absolute Gasteiger partial charge is 0.508 e. The van der Waals surface area contributed by atoms with E-state index < -0.39 is 11.6 Å². The van der Waals surface area contributed by atoms with Crippen LogP contribution in [0, 0.1) is 0 Å². The van der Waals surface area contributed by atoms with Crippen LogP contribution >= 0.6 is 0 Å². The predicted octanol–water partition coefficient (Wildman–Crippen LogP) is 3.08. The standard InChI is InChI=1S/C20H16O5/c21-15-9-5-13(6-10-15)20(25,14-7-11-16(22)12-8-14)18-4-2-1-3-17(18)19(23)24/h1-12,21-22,25H,(H,23,24). The Labute approximate surface area is 144 Å². The molecule has 0 aliphatic rings. The Morgan fingerprint density at radius 3 is 1.60 bits per heavy atom. The molecule has 0 aromatic heterocycles. The van der Waals surface area contributed by atoms with Gasteiger partial charge in [0.05, 0.1) is 5.56 Å². The summed E-state index contributed by atoms with van der Waals surface area (Å²) in [6, 6.07) is 18.0. The molecule has 0 radical (unpaired) electrons. The normalized spacial score (nSPS) is 11.2. The van der Waals surface area contributed by atoms with E-state index in [0.29, 0.717) is 11.1 Å². The van der Waals surface area contributed by atoms with Crippen LogP contribution in [0.25, 0.3) is 0 Å². The van der Waals surface area contributed by atoms with E-state index >= 15 is 0 Å². The molecule has 0 aliphatic heterocycles. The van der Waals surface area contributed by atoms with Gasteiger partial charge < -0.3 is 20.4 Å². The molecule has 0 unspecified atom stereocenters. The molecule has 0 bridgehead atoms. The van der Waals surface area contributed by atoms with Crippen LogP contribution in [0.5, 0.6) is 11.5 Å². The first-order chi connectivity index (χ1) is 11.9. The van der Waals surface area contributed by atoms with E-state index in [0.717, 1.165) is 0 Å². The number of benzene rings is 3. The molecule has 25 heavy (non-hydrogen) atoms. The van der Waals surface area contributed by atoms with Crippen molar-refractivity contribution in [3.8, 4) is 11.5 Å². The number of phenols is 2. The molecule has 4 N–H and O–H groups in total. The van der Waals surface area contributed by atoms with Crippen LogP contribution in [-0.4, -0.2) is 26.4 Å².